The molecule has 134 valence electrons. The van der Waals surface area contributed by atoms with Gasteiger partial charge in [0.2, 0.25) is 0 Å². The zero-order chi connectivity index (χ0) is 18.8. The third-order valence-electron chi connectivity index (χ3n) is 4.27. The quantitative estimate of drug-likeness (QED) is 0.562. The molecule has 0 aliphatic carbocycles. The third kappa shape index (κ3) is 3.48. The van der Waals surface area contributed by atoms with Crippen LogP contribution in [0.15, 0.2) is 41.3 Å². The molecule has 2 aromatic rings. The number of amides is 1. The Kier molecular flexibility index (Phi) is 5.34. The molecule has 4 nitrogen and oxygen atoms in total. The number of aryl methyl sites for hydroxylation is 2. The molecular weight excluding hydrogens is 366 g/mol. The van der Waals surface area contributed by atoms with Gasteiger partial charge in [0.25, 0.3) is 5.91 Å². The van der Waals surface area contributed by atoms with Gasteiger partial charge in [-0.05, 0) is 55.3 Å². The molecule has 26 heavy (non-hydrogen) atoms. The smallest absolute Gasteiger partial charge is 0.270 e. The summed E-state index contributed by atoms with van der Waals surface area (Å²) in [6.07, 6.45) is 1.80. The average molecular weight is 386 g/mol. The van der Waals surface area contributed by atoms with Gasteiger partial charge in [0, 0.05) is 11.6 Å². The highest BCUT2D eigenvalue weighted by Crippen LogP contribution is 2.38. The number of carbonyl (C=O) groups excluding carboxylic acids is 1. The first-order valence-electron chi connectivity index (χ1n) is 8.02. The van der Waals surface area contributed by atoms with E-state index in [0.29, 0.717) is 20.7 Å². The van der Waals surface area contributed by atoms with Gasteiger partial charge in [0.15, 0.2) is 4.32 Å². The molecule has 0 aromatic heterocycles. The van der Waals surface area contributed by atoms with Gasteiger partial charge >= 0.3 is 0 Å². The fourth-order valence-corrected chi connectivity index (χ4v) is 3.92. The topological polar surface area (TPSA) is 38.8 Å². The van der Waals surface area contributed by atoms with Crippen molar-refractivity contribution in [1.82, 2.24) is 0 Å². The summed E-state index contributed by atoms with van der Waals surface area (Å²) in [4.78, 5) is 15.1. The van der Waals surface area contributed by atoms with Gasteiger partial charge in [-0.3, -0.25) is 9.69 Å². The first kappa shape index (κ1) is 18.5. The predicted molar refractivity (Wildman–Crippen MR) is 111 cm³/mol. The Morgan fingerprint density at radius 3 is 2.46 bits per heavy atom. The molecule has 0 N–H and O–H groups in total. The highest BCUT2D eigenvalue weighted by Gasteiger charge is 2.33. The van der Waals surface area contributed by atoms with Crippen LogP contribution >= 0.6 is 24.0 Å². The summed E-state index contributed by atoms with van der Waals surface area (Å²) in [6.45, 7) is 4.06. The molecule has 3 rings (SSSR count). The fourth-order valence-electron chi connectivity index (χ4n) is 2.63. The molecule has 0 atom stereocenters. The molecule has 1 heterocycles. The van der Waals surface area contributed by atoms with Crippen molar-refractivity contribution in [2.24, 2.45) is 0 Å². The maximum absolute atomic E-state index is 12.9. The van der Waals surface area contributed by atoms with Crippen molar-refractivity contribution in [2.75, 3.05) is 19.1 Å². The Morgan fingerprint density at radius 2 is 1.81 bits per heavy atom. The second kappa shape index (κ2) is 7.51. The Balaban J connectivity index is 1.96. The summed E-state index contributed by atoms with van der Waals surface area (Å²) >= 11 is 6.74. The predicted octanol–water partition coefficient (Wildman–Crippen LogP) is 4.73. The third-order valence-corrected chi connectivity index (χ3v) is 5.57. The molecule has 2 aromatic carbocycles. The van der Waals surface area contributed by atoms with Gasteiger partial charge in [0.05, 0.1) is 24.8 Å². The molecule has 1 amide bonds. The molecule has 0 saturated carbocycles. The second-order valence-corrected chi connectivity index (χ2v) is 7.57. The fraction of sp³-hybridized carbons (Fsp3) is 0.200. The van der Waals surface area contributed by atoms with E-state index in [9.17, 15) is 4.79 Å². The lowest BCUT2D eigenvalue weighted by Gasteiger charge is -2.16. The lowest BCUT2D eigenvalue weighted by atomic mass is 10.1. The molecule has 0 unspecified atom stereocenters. The lowest BCUT2D eigenvalue weighted by molar-refractivity contribution is -0.113. The second-order valence-electron chi connectivity index (χ2n) is 5.89. The number of carbonyl (C=O) groups is 1. The molecular formula is C20H19NO3S2. The maximum atomic E-state index is 12.9. The van der Waals surface area contributed by atoms with Crippen LogP contribution in [0.25, 0.3) is 6.08 Å². The van der Waals surface area contributed by atoms with Gasteiger partial charge in [-0.15, -0.1) is 0 Å². The maximum Gasteiger partial charge on any atom is 0.270 e. The molecule has 1 aliphatic heterocycles. The van der Waals surface area contributed by atoms with Gasteiger partial charge in [-0.1, -0.05) is 30.0 Å². The molecule has 6 heteroatoms. The van der Waals surface area contributed by atoms with Crippen molar-refractivity contribution in [1.29, 1.82) is 0 Å². The van der Waals surface area contributed by atoms with E-state index >= 15 is 0 Å². The first-order valence-corrected chi connectivity index (χ1v) is 9.24. The van der Waals surface area contributed by atoms with Crippen molar-refractivity contribution >= 4 is 46.0 Å². The van der Waals surface area contributed by atoms with Crippen LogP contribution in [0.3, 0.4) is 0 Å². The van der Waals surface area contributed by atoms with Crippen LogP contribution < -0.4 is 14.4 Å². The first-order chi connectivity index (χ1) is 12.4. The summed E-state index contributed by atoms with van der Waals surface area (Å²) in [6, 6.07) is 11.4. The van der Waals surface area contributed by atoms with Crippen molar-refractivity contribution < 1.29 is 14.3 Å². The molecule has 0 radical (unpaired) electrons. The van der Waals surface area contributed by atoms with Gasteiger partial charge < -0.3 is 9.47 Å². The zero-order valence-electron chi connectivity index (χ0n) is 15.0. The highest BCUT2D eigenvalue weighted by molar-refractivity contribution is 8.27. The van der Waals surface area contributed by atoms with E-state index in [0.717, 1.165) is 16.8 Å². The van der Waals surface area contributed by atoms with Crippen molar-refractivity contribution in [2.45, 2.75) is 13.8 Å². The lowest BCUT2D eigenvalue weighted by Crippen LogP contribution is -2.27. The number of hydrogen-bond donors (Lipinski definition) is 0. The van der Waals surface area contributed by atoms with Crippen LogP contribution in [-0.2, 0) is 4.79 Å². The van der Waals surface area contributed by atoms with Crippen LogP contribution in [0, 0.1) is 13.8 Å². The highest BCUT2D eigenvalue weighted by atomic mass is 32.2. The molecule has 0 spiro atoms. The Hall–Kier alpha value is -2.31. The van der Waals surface area contributed by atoms with Crippen LogP contribution in [0.1, 0.15) is 16.7 Å². The van der Waals surface area contributed by atoms with Crippen LogP contribution in [0.5, 0.6) is 11.5 Å². The molecule has 0 bridgehead atoms. The van der Waals surface area contributed by atoms with Crippen molar-refractivity contribution in [3.8, 4) is 11.5 Å². The minimum absolute atomic E-state index is 0.124. The minimum Gasteiger partial charge on any atom is -0.497 e. The summed E-state index contributed by atoms with van der Waals surface area (Å²) in [5, 5.41) is 0. The van der Waals surface area contributed by atoms with Gasteiger partial charge in [0.1, 0.15) is 11.5 Å². The number of thiocarbonyl (C=S) groups is 1. The van der Waals surface area contributed by atoms with E-state index in [4.69, 9.17) is 21.7 Å². The molecule has 1 fully saturated rings. The Morgan fingerprint density at radius 1 is 1.04 bits per heavy atom. The van der Waals surface area contributed by atoms with Crippen LogP contribution in [-0.4, -0.2) is 24.4 Å². The van der Waals surface area contributed by atoms with Gasteiger partial charge in [-0.25, -0.2) is 0 Å². The van der Waals surface area contributed by atoms with E-state index in [-0.39, 0.29) is 5.91 Å². The summed E-state index contributed by atoms with van der Waals surface area (Å²) in [5.41, 5.74) is 3.89. The van der Waals surface area contributed by atoms with E-state index in [1.807, 2.05) is 44.2 Å². The van der Waals surface area contributed by atoms with Gasteiger partial charge in [-0.2, -0.15) is 0 Å². The van der Waals surface area contributed by atoms with Crippen molar-refractivity contribution in [3.63, 3.8) is 0 Å². The standard InChI is InChI=1S/C20H19NO3S2/c1-12-5-7-15(9-13(12)2)21-19(22)18(26-20(21)25)10-14-6-8-16(23-3)11-17(14)24-4/h5-11H,1-4H3/b18-10+. The monoisotopic (exact) mass is 385 g/mol. The average Bonchev–Trinajstić information content (AvgIpc) is 2.91. The Bertz CT molecular complexity index is 921. The van der Waals surface area contributed by atoms with E-state index in [1.165, 1.54) is 17.3 Å². The number of methoxy groups -OCH3 is 2. The van der Waals surface area contributed by atoms with Crippen LogP contribution in [0.4, 0.5) is 5.69 Å². The SMILES string of the molecule is COc1ccc(/C=C2/SC(=S)N(c3ccc(C)c(C)c3)C2=O)c(OC)c1. The van der Waals surface area contributed by atoms with E-state index in [1.54, 1.807) is 31.3 Å². The number of benzene rings is 2. The zero-order valence-corrected chi connectivity index (χ0v) is 16.7. The summed E-state index contributed by atoms with van der Waals surface area (Å²) in [5.74, 6) is 1.21. The minimum atomic E-state index is -0.124. The number of nitrogens with zero attached hydrogens (tertiary/aromatic N) is 1. The number of hydrogen-bond acceptors (Lipinski definition) is 5. The Labute approximate surface area is 162 Å². The largest absolute Gasteiger partial charge is 0.497 e. The number of rotatable bonds is 4. The molecule has 1 saturated heterocycles. The summed E-state index contributed by atoms with van der Waals surface area (Å²) in [7, 11) is 3.19. The van der Waals surface area contributed by atoms with Crippen LogP contribution in [0.2, 0.25) is 0 Å². The number of ether oxygens (including phenoxy) is 2. The number of thioether (sulfide) groups is 1. The normalized spacial score (nSPS) is 15.7. The van der Waals surface area contributed by atoms with Crippen molar-refractivity contribution in [3.05, 3.63) is 58.0 Å². The van der Waals surface area contributed by atoms with E-state index < -0.39 is 0 Å². The molecule has 1 aliphatic rings. The summed E-state index contributed by atoms with van der Waals surface area (Å²) < 4.78 is 11.1. The van der Waals surface area contributed by atoms with E-state index in [2.05, 4.69) is 0 Å². The number of anilines is 1.